The summed E-state index contributed by atoms with van der Waals surface area (Å²) in [5, 5.41) is 3.46. The van der Waals surface area contributed by atoms with Crippen LogP contribution in [0, 0.1) is 0 Å². The van der Waals surface area contributed by atoms with Gasteiger partial charge in [0.2, 0.25) is 0 Å². The van der Waals surface area contributed by atoms with Crippen LogP contribution in [-0.4, -0.2) is 16.0 Å². The van der Waals surface area contributed by atoms with Gasteiger partial charge in [0.15, 0.2) is 0 Å². The molecular weight excluding hydrogens is 198 g/mol. The van der Waals surface area contributed by atoms with E-state index in [1.807, 2.05) is 30.5 Å². The number of hydrogen-bond acceptors (Lipinski definition) is 3. The number of hydrogen-bond donors (Lipinski definition) is 1. The lowest BCUT2D eigenvalue weighted by Crippen LogP contribution is -2.32. The molecule has 3 rings (SSSR count). The van der Waals surface area contributed by atoms with E-state index in [4.69, 9.17) is 0 Å². The van der Waals surface area contributed by atoms with Crippen molar-refractivity contribution in [1.82, 2.24) is 15.2 Å². The summed E-state index contributed by atoms with van der Waals surface area (Å²) in [6.45, 7) is 2.11. The van der Waals surface area contributed by atoms with Crippen LogP contribution in [0.25, 0.3) is 5.70 Å². The molecule has 2 aliphatic heterocycles. The van der Waals surface area contributed by atoms with Crippen LogP contribution in [0.1, 0.15) is 12.6 Å². The van der Waals surface area contributed by atoms with Gasteiger partial charge in [-0.05, 0) is 31.2 Å². The van der Waals surface area contributed by atoms with Crippen LogP contribution in [0.5, 0.6) is 0 Å². The zero-order valence-electron chi connectivity index (χ0n) is 9.09. The van der Waals surface area contributed by atoms with Gasteiger partial charge in [0.05, 0.1) is 11.4 Å². The van der Waals surface area contributed by atoms with Crippen molar-refractivity contribution in [1.29, 1.82) is 0 Å². The van der Waals surface area contributed by atoms with Crippen LogP contribution in [0.2, 0.25) is 0 Å². The first-order valence-corrected chi connectivity index (χ1v) is 5.38. The third-order valence-electron chi connectivity index (χ3n) is 2.91. The zero-order chi connectivity index (χ0) is 11.0. The maximum atomic E-state index is 4.37. The van der Waals surface area contributed by atoms with E-state index in [-0.39, 0.29) is 6.17 Å². The lowest BCUT2D eigenvalue weighted by atomic mass is 10.2. The molecule has 3 heterocycles. The molecule has 0 bridgehead atoms. The van der Waals surface area contributed by atoms with Crippen LogP contribution in [0.3, 0.4) is 0 Å². The van der Waals surface area contributed by atoms with Gasteiger partial charge in [-0.25, -0.2) is 0 Å². The smallest absolute Gasteiger partial charge is 0.123 e. The molecule has 1 aromatic heterocycles. The molecule has 1 unspecified atom stereocenters. The lowest BCUT2D eigenvalue weighted by molar-refractivity contribution is 0.402. The fourth-order valence-electron chi connectivity index (χ4n) is 2.09. The minimum absolute atomic E-state index is 0.238. The lowest BCUT2D eigenvalue weighted by Gasteiger charge is -2.23. The molecule has 0 aromatic carbocycles. The Kier molecular flexibility index (Phi) is 2.03. The molecule has 2 aliphatic rings. The van der Waals surface area contributed by atoms with Crippen molar-refractivity contribution in [2.45, 2.75) is 13.1 Å². The number of pyridine rings is 1. The molecule has 0 amide bonds. The molecule has 3 nitrogen and oxygen atoms in total. The maximum Gasteiger partial charge on any atom is 0.123 e. The first-order chi connectivity index (χ1) is 7.86. The first kappa shape index (κ1) is 9.21. The number of nitrogens with zero attached hydrogens (tertiary/aromatic N) is 2. The van der Waals surface area contributed by atoms with Crippen molar-refractivity contribution >= 4 is 5.70 Å². The van der Waals surface area contributed by atoms with Gasteiger partial charge in [-0.1, -0.05) is 12.1 Å². The minimum Gasteiger partial charge on any atom is -0.358 e. The highest BCUT2D eigenvalue weighted by molar-refractivity contribution is 5.67. The Bertz CT molecular complexity index is 485. The van der Waals surface area contributed by atoms with Gasteiger partial charge in [0.1, 0.15) is 6.17 Å². The quantitative estimate of drug-likeness (QED) is 0.771. The summed E-state index contributed by atoms with van der Waals surface area (Å²) >= 11 is 0. The van der Waals surface area contributed by atoms with Gasteiger partial charge >= 0.3 is 0 Å². The molecule has 80 valence electrons. The fraction of sp³-hybridized carbons (Fsp3) is 0.154. The van der Waals surface area contributed by atoms with E-state index in [9.17, 15) is 0 Å². The molecule has 16 heavy (non-hydrogen) atoms. The average molecular weight is 211 g/mol. The molecule has 1 aromatic rings. The molecule has 0 fully saturated rings. The molecule has 0 saturated heterocycles. The Hall–Kier alpha value is -2.03. The molecule has 1 atom stereocenters. The highest BCUT2D eigenvalue weighted by Gasteiger charge is 2.27. The Morgan fingerprint density at radius 1 is 1.31 bits per heavy atom. The van der Waals surface area contributed by atoms with Gasteiger partial charge in [0.25, 0.3) is 0 Å². The second-order valence-electron chi connectivity index (χ2n) is 3.90. The van der Waals surface area contributed by atoms with E-state index in [2.05, 4.69) is 40.5 Å². The Balaban J connectivity index is 2.01. The van der Waals surface area contributed by atoms with Gasteiger partial charge in [-0.15, -0.1) is 0 Å². The van der Waals surface area contributed by atoms with E-state index in [1.54, 1.807) is 0 Å². The summed E-state index contributed by atoms with van der Waals surface area (Å²) in [4.78, 5) is 6.59. The van der Waals surface area contributed by atoms with Crippen molar-refractivity contribution in [3.8, 4) is 0 Å². The zero-order valence-corrected chi connectivity index (χ0v) is 9.09. The van der Waals surface area contributed by atoms with Crippen molar-refractivity contribution < 1.29 is 0 Å². The maximum absolute atomic E-state index is 4.37. The van der Waals surface area contributed by atoms with Crippen LogP contribution in [0.15, 0.2) is 54.5 Å². The Morgan fingerprint density at radius 3 is 3.00 bits per heavy atom. The average Bonchev–Trinajstić information content (AvgIpc) is 2.69. The van der Waals surface area contributed by atoms with E-state index in [0.717, 1.165) is 11.4 Å². The second kappa shape index (κ2) is 3.52. The minimum atomic E-state index is 0.238. The molecule has 1 N–H and O–H groups in total. The molecule has 0 saturated carbocycles. The van der Waals surface area contributed by atoms with Crippen LogP contribution >= 0.6 is 0 Å². The summed E-state index contributed by atoms with van der Waals surface area (Å²) in [5.74, 6) is 0. The predicted molar refractivity (Wildman–Crippen MR) is 63.9 cm³/mol. The third-order valence-corrected chi connectivity index (χ3v) is 2.91. The molecular formula is C13H13N3. The first-order valence-electron chi connectivity index (χ1n) is 5.38. The largest absolute Gasteiger partial charge is 0.358 e. The summed E-state index contributed by atoms with van der Waals surface area (Å²) in [6, 6.07) is 5.96. The van der Waals surface area contributed by atoms with Crippen molar-refractivity contribution in [3.05, 3.63) is 60.2 Å². The summed E-state index contributed by atoms with van der Waals surface area (Å²) < 4.78 is 0. The number of nitrogens with one attached hydrogen (secondary N) is 1. The fourth-order valence-corrected chi connectivity index (χ4v) is 2.09. The highest BCUT2D eigenvalue weighted by atomic mass is 15.3. The Morgan fingerprint density at radius 2 is 2.25 bits per heavy atom. The van der Waals surface area contributed by atoms with E-state index in [0.29, 0.717) is 0 Å². The predicted octanol–water partition coefficient (Wildman–Crippen LogP) is 2.08. The third kappa shape index (κ3) is 1.33. The number of allylic oxidation sites excluding steroid dienone is 3. The number of rotatable bonds is 1. The van der Waals surface area contributed by atoms with Crippen molar-refractivity contribution in [2.24, 2.45) is 0 Å². The monoisotopic (exact) mass is 211 g/mol. The van der Waals surface area contributed by atoms with Gasteiger partial charge in [-0.3, -0.25) is 4.98 Å². The number of fused-ring (bicyclic) bond motifs is 1. The van der Waals surface area contributed by atoms with E-state index in [1.165, 1.54) is 5.70 Å². The number of aromatic nitrogens is 1. The Labute approximate surface area is 94.8 Å². The van der Waals surface area contributed by atoms with Gasteiger partial charge in [-0.2, -0.15) is 0 Å². The van der Waals surface area contributed by atoms with Crippen LogP contribution in [-0.2, 0) is 0 Å². The summed E-state index contributed by atoms with van der Waals surface area (Å²) in [7, 11) is 0. The van der Waals surface area contributed by atoms with Crippen LogP contribution < -0.4 is 5.32 Å². The topological polar surface area (TPSA) is 28.2 Å². The van der Waals surface area contributed by atoms with Gasteiger partial charge < -0.3 is 10.2 Å². The SMILES string of the molecule is CC1=C(c2ccccn2)NC2C=CC=CN12. The molecule has 3 heteroatoms. The van der Waals surface area contributed by atoms with Crippen molar-refractivity contribution in [3.63, 3.8) is 0 Å². The molecule has 0 spiro atoms. The molecule has 0 radical (unpaired) electrons. The van der Waals surface area contributed by atoms with E-state index >= 15 is 0 Å². The van der Waals surface area contributed by atoms with Gasteiger partial charge in [0, 0.05) is 18.1 Å². The standard InChI is InChI=1S/C13H13N3/c1-10-13(11-6-2-4-8-14-11)15-12-7-3-5-9-16(10)12/h2-9,12,15H,1H3. The molecule has 0 aliphatic carbocycles. The van der Waals surface area contributed by atoms with Crippen molar-refractivity contribution in [2.75, 3.05) is 0 Å². The normalized spacial score (nSPS) is 22.3. The van der Waals surface area contributed by atoms with E-state index < -0.39 is 0 Å². The second-order valence-corrected chi connectivity index (χ2v) is 3.90. The summed E-state index contributed by atoms with van der Waals surface area (Å²) in [6.07, 6.45) is 10.4. The van der Waals surface area contributed by atoms with Crippen LogP contribution in [0.4, 0.5) is 0 Å². The summed E-state index contributed by atoms with van der Waals surface area (Å²) in [5.41, 5.74) is 3.32. The highest BCUT2D eigenvalue weighted by Crippen LogP contribution is 2.28.